The number of carbonyl (C=O) groups excluding carboxylic acids is 1. The average molecular weight is 180 g/mol. The van der Waals surface area contributed by atoms with Crippen LogP contribution in [0.15, 0.2) is 6.20 Å². The third-order valence-corrected chi connectivity index (χ3v) is 2.16. The van der Waals surface area contributed by atoms with Gasteiger partial charge in [-0.15, -0.1) is 0 Å². The molecule has 70 valence electrons. The summed E-state index contributed by atoms with van der Waals surface area (Å²) in [4.78, 5) is 15.4. The molecular formula is C9H12N2O2. The molecule has 0 saturated heterocycles. The van der Waals surface area contributed by atoms with Crippen molar-refractivity contribution in [3.05, 3.63) is 17.7 Å². The minimum atomic E-state index is -0.347. The number of rotatable bonds is 2. The van der Waals surface area contributed by atoms with E-state index >= 15 is 0 Å². The highest BCUT2D eigenvalue weighted by atomic mass is 16.5. The molecule has 0 aromatic carbocycles. The van der Waals surface area contributed by atoms with Gasteiger partial charge in [0.25, 0.3) is 0 Å². The van der Waals surface area contributed by atoms with Gasteiger partial charge in [-0.3, -0.25) is 0 Å². The summed E-state index contributed by atoms with van der Waals surface area (Å²) in [7, 11) is 1.38. The second-order valence-corrected chi connectivity index (χ2v) is 3.34. The van der Waals surface area contributed by atoms with Crippen molar-refractivity contribution in [2.24, 2.45) is 0 Å². The number of methoxy groups -OCH3 is 1. The van der Waals surface area contributed by atoms with Crippen molar-refractivity contribution in [1.82, 2.24) is 9.55 Å². The molecule has 0 amide bonds. The van der Waals surface area contributed by atoms with Crippen LogP contribution in [0, 0.1) is 6.92 Å². The Labute approximate surface area is 76.5 Å². The lowest BCUT2D eigenvalue weighted by Crippen LogP contribution is -2.10. The number of hydrogen-bond donors (Lipinski definition) is 0. The van der Waals surface area contributed by atoms with Crippen LogP contribution in [0.25, 0.3) is 0 Å². The molecule has 1 aliphatic carbocycles. The van der Waals surface area contributed by atoms with E-state index in [1.165, 1.54) is 7.11 Å². The summed E-state index contributed by atoms with van der Waals surface area (Å²) in [6.45, 7) is 1.88. The Bertz CT molecular complexity index is 339. The number of aryl methyl sites for hydroxylation is 1. The Morgan fingerprint density at radius 3 is 2.92 bits per heavy atom. The van der Waals surface area contributed by atoms with Crippen molar-refractivity contribution < 1.29 is 9.53 Å². The number of aromatic nitrogens is 2. The maximum atomic E-state index is 11.3. The minimum absolute atomic E-state index is 0.347. The Balaban J connectivity index is 2.36. The van der Waals surface area contributed by atoms with Crippen molar-refractivity contribution in [2.45, 2.75) is 25.8 Å². The highest BCUT2D eigenvalue weighted by Gasteiger charge is 2.28. The monoisotopic (exact) mass is 180 g/mol. The zero-order valence-electron chi connectivity index (χ0n) is 7.78. The molecule has 2 rings (SSSR count). The van der Waals surface area contributed by atoms with Crippen molar-refractivity contribution in [3.8, 4) is 0 Å². The van der Waals surface area contributed by atoms with Crippen LogP contribution in [0.3, 0.4) is 0 Å². The second kappa shape index (κ2) is 2.87. The van der Waals surface area contributed by atoms with Crippen LogP contribution in [-0.2, 0) is 4.74 Å². The predicted molar refractivity (Wildman–Crippen MR) is 46.6 cm³/mol. The first kappa shape index (κ1) is 8.29. The van der Waals surface area contributed by atoms with E-state index in [0.29, 0.717) is 11.9 Å². The van der Waals surface area contributed by atoms with E-state index in [-0.39, 0.29) is 5.97 Å². The summed E-state index contributed by atoms with van der Waals surface area (Å²) >= 11 is 0. The lowest BCUT2D eigenvalue weighted by Gasteiger charge is -2.02. The Morgan fingerprint density at radius 2 is 2.38 bits per heavy atom. The van der Waals surface area contributed by atoms with E-state index < -0.39 is 0 Å². The number of carbonyl (C=O) groups is 1. The molecule has 0 radical (unpaired) electrons. The van der Waals surface area contributed by atoms with Gasteiger partial charge in [0, 0.05) is 12.2 Å². The fraction of sp³-hybridized carbons (Fsp3) is 0.556. The Hall–Kier alpha value is -1.32. The molecule has 4 nitrogen and oxygen atoms in total. The third kappa shape index (κ3) is 1.43. The van der Waals surface area contributed by atoms with E-state index in [2.05, 4.69) is 9.72 Å². The summed E-state index contributed by atoms with van der Waals surface area (Å²) in [5.41, 5.74) is 0.868. The van der Waals surface area contributed by atoms with Gasteiger partial charge in [0.15, 0.2) is 0 Å². The summed E-state index contributed by atoms with van der Waals surface area (Å²) in [6.07, 6.45) is 4.18. The standard InChI is InChI=1S/C9H12N2O2/c1-6-5-11(7-3-4-7)8(10-6)9(12)13-2/h5,7H,3-4H2,1-2H3. The smallest absolute Gasteiger partial charge is 0.374 e. The van der Waals surface area contributed by atoms with Gasteiger partial charge in [0.05, 0.1) is 12.8 Å². The first-order valence-electron chi connectivity index (χ1n) is 4.36. The fourth-order valence-corrected chi connectivity index (χ4v) is 1.39. The molecule has 1 aliphatic rings. The SMILES string of the molecule is COC(=O)c1nc(C)cn1C1CC1. The van der Waals surface area contributed by atoms with Gasteiger partial charge < -0.3 is 9.30 Å². The van der Waals surface area contributed by atoms with Gasteiger partial charge in [-0.25, -0.2) is 9.78 Å². The van der Waals surface area contributed by atoms with Gasteiger partial charge in [-0.1, -0.05) is 0 Å². The minimum Gasteiger partial charge on any atom is -0.463 e. The van der Waals surface area contributed by atoms with Crippen LogP contribution < -0.4 is 0 Å². The molecule has 0 N–H and O–H groups in total. The zero-order valence-corrected chi connectivity index (χ0v) is 7.78. The molecule has 0 unspecified atom stereocenters. The van der Waals surface area contributed by atoms with Crippen LogP contribution in [0.1, 0.15) is 35.2 Å². The van der Waals surface area contributed by atoms with E-state index in [9.17, 15) is 4.79 Å². The molecule has 0 aliphatic heterocycles. The highest BCUT2D eigenvalue weighted by Crippen LogP contribution is 2.36. The predicted octanol–water partition coefficient (Wildman–Crippen LogP) is 1.31. The lowest BCUT2D eigenvalue weighted by atomic mass is 10.5. The van der Waals surface area contributed by atoms with Gasteiger partial charge in [0.2, 0.25) is 5.82 Å². The second-order valence-electron chi connectivity index (χ2n) is 3.34. The van der Waals surface area contributed by atoms with Crippen LogP contribution in [0.4, 0.5) is 0 Å². The van der Waals surface area contributed by atoms with Crippen LogP contribution >= 0.6 is 0 Å². The van der Waals surface area contributed by atoms with E-state index in [1.807, 2.05) is 17.7 Å². The van der Waals surface area contributed by atoms with Gasteiger partial charge in [0.1, 0.15) is 0 Å². The highest BCUT2D eigenvalue weighted by molar-refractivity contribution is 5.85. The van der Waals surface area contributed by atoms with Crippen molar-refractivity contribution in [3.63, 3.8) is 0 Å². The molecule has 0 bridgehead atoms. The maximum Gasteiger partial charge on any atom is 0.374 e. The van der Waals surface area contributed by atoms with E-state index in [4.69, 9.17) is 0 Å². The van der Waals surface area contributed by atoms with Gasteiger partial charge in [-0.2, -0.15) is 0 Å². The van der Waals surface area contributed by atoms with E-state index in [1.54, 1.807) is 0 Å². The summed E-state index contributed by atoms with van der Waals surface area (Å²) in [5.74, 6) is 0.0856. The Kier molecular flexibility index (Phi) is 1.83. The molecule has 1 saturated carbocycles. The normalized spacial score (nSPS) is 15.8. The number of hydrogen-bond acceptors (Lipinski definition) is 3. The first-order valence-corrected chi connectivity index (χ1v) is 4.36. The summed E-state index contributed by atoms with van der Waals surface area (Å²) in [6, 6.07) is 0.468. The molecule has 1 fully saturated rings. The molecule has 4 heteroatoms. The maximum absolute atomic E-state index is 11.3. The number of esters is 1. The third-order valence-electron chi connectivity index (χ3n) is 2.16. The van der Waals surface area contributed by atoms with Crippen molar-refractivity contribution in [2.75, 3.05) is 7.11 Å². The summed E-state index contributed by atoms with van der Waals surface area (Å²) < 4.78 is 6.56. The molecule has 0 atom stereocenters. The molecule has 0 spiro atoms. The largest absolute Gasteiger partial charge is 0.463 e. The van der Waals surface area contributed by atoms with Gasteiger partial charge >= 0.3 is 5.97 Å². The molecule has 13 heavy (non-hydrogen) atoms. The average Bonchev–Trinajstić information content (AvgIpc) is 2.89. The molecule has 1 aromatic heterocycles. The number of imidazole rings is 1. The summed E-state index contributed by atoms with van der Waals surface area (Å²) in [5, 5.41) is 0. The fourth-order valence-electron chi connectivity index (χ4n) is 1.39. The van der Waals surface area contributed by atoms with Crippen molar-refractivity contribution in [1.29, 1.82) is 0 Å². The lowest BCUT2D eigenvalue weighted by molar-refractivity contribution is 0.0581. The van der Waals surface area contributed by atoms with Crippen LogP contribution in [-0.4, -0.2) is 22.6 Å². The quantitative estimate of drug-likeness (QED) is 0.644. The van der Waals surface area contributed by atoms with Crippen molar-refractivity contribution >= 4 is 5.97 Å². The topological polar surface area (TPSA) is 44.1 Å². The first-order chi connectivity index (χ1) is 6.22. The van der Waals surface area contributed by atoms with Gasteiger partial charge in [-0.05, 0) is 19.8 Å². The molecule has 1 aromatic rings. The zero-order chi connectivity index (χ0) is 9.42. The van der Waals surface area contributed by atoms with E-state index in [0.717, 1.165) is 18.5 Å². The Morgan fingerprint density at radius 1 is 1.69 bits per heavy atom. The number of ether oxygens (including phenoxy) is 1. The molecular weight excluding hydrogens is 168 g/mol. The van der Waals surface area contributed by atoms with Crippen LogP contribution in [0.5, 0.6) is 0 Å². The molecule has 1 heterocycles. The number of nitrogens with zero attached hydrogens (tertiary/aromatic N) is 2. The van der Waals surface area contributed by atoms with Crippen LogP contribution in [0.2, 0.25) is 0 Å².